The molecule has 0 heterocycles. The van der Waals surface area contributed by atoms with Crippen LogP contribution in [0.2, 0.25) is 0 Å². The molecular weight excluding hydrogens is 321 g/mol. The fourth-order valence-electron chi connectivity index (χ4n) is 1.92. The minimum Gasteiger partial charge on any atom is -0.492 e. The molecule has 0 aliphatic carbocycles. The van der Waals surface area contributed by atoms with Gasteiger partial charge in [0.05, 0.1) is 12.3 Å². The van der Waals surface area contributed by atoms with Gasteiger partial charge in [0, 0.05) is 16.6 Å². The topological polar surface area (TPSA) is 21.3 Å². The third-order valence-corrected chi connectivity index (χ3v) is 3.41. The molecule has 0 atom stereocenters. The summed E-state index contributed by atoms with van der Waals surface area (Å²) < 4.78 is 20.2. The molecule has 1 N–H and O–H groups in total. The molecule has 0 aromatic heterocycles. The van der Waals surface area contributed by atoms with E-state index in [1.54, 1.807) is 12.1 Å². The number of aryl methyl sites for hydroxylation is 1. The second kappa shape index (κ2) is 6.75. The van der Waals surface area contributed by atoms with E-state index in [-0.39, 0.29) is 5.82 Å². The highest BCUT2D eigenvalue weighted by molar-refractivity contribution is 9.10. The van der Waals surface area contributed by atoms with Crippen molar-refractivity contribution in [1.82, 2.24) is 0 Å². The largest absolute Gasteiger partial charge is 0.492 e. The van der Waals surface area contributed by atoms with Crippen molar-refractivity contribution in [3.8, 4) is 5.75 Å². The molecule has 2 aromatic carbocycles. The highest BCUT2D eigenvalue weighted by Crippen LogP contribution is 2.27. The first-order valence-corrected chi connectivity index (χ1v) is 7.30. The van der Waals surface area contributed by atoms with Crippen LogP contribution in [0.25, 0.3) is 0 Å². The van der Waals surface area contributed by atoms with Crippen LogP contribution >= 0.6 is 15.9 Å². The zero-order chi connectivity index (χ0) is 14.5. The lowest BCUT2D eigenvalue weighted by atomic mass is 10.2. The summed E-state index contributed by atoms with van der Waals surface area (Å²) in [6.45, 7) is 4.97. The van der Waals surface area contributed by atoms with Crippen LogP contribution in [0.15, 0.2) is 40.9 Å². The van der Waals surface area contributed by atoms with E-state index in [4.69, 9.17) is 4.74 Å². The Bertz CT molecular complexity index is 601. The normalized spacial score (nSPS) is 10.4. The maximum Gasteiger partial charge on any atom is 0.142 e. The summed E-state index contributed by atoms with van der Waals surface area (Å²) >= 11 is 3.35. The molecule has 0 bridgehead atoms. The molecule has 106 valence electrons. The molecule has 4 heteroatoms. The summed E-state index contributed by atoms with van der Waals surface area (Å²) in [4.78, 5) is 0. The highest BCUT2D eigenvalue weighted by Gasteiger charge is 2.06. The van der Waals surface area contributed by atoms with Crippen LogP contribution in [0, 0.1) is 12.7 Å². The van der Waals surface area contributed by atoms with E-state index in [0.29, 0.717) is 18.7 Å². The van der Waals surface area contributed by atoms with Gasteiger partial charge in [0.25, 0.3) is 0 Å². The van der Waals surface area contributed by atoms with Crippen molar-refractivity contribution in [3.63, 3.8) is 0 Å². The van der Waals surface area contributed by atoms with Crippen molar-refractivity contribution in [2.75, 3.05) is 11.9 Å². The number of ether oxygens (including phenoxy) is 1. The van der Waals surface area contributed by atoms with Crippen molar-refractivity contribution in [2.24, 2.45) is 0 Å². The van der Waals surface area contributed by atoms with Crippen LogP contribution in [0.5, 0.6) is 5.75 Å². The lowest BCUT2D eigenvalue weighted by Gasteiger charge is -2.13. The van der Waals surface area contributed by atoms with E-state index in [9.17, 15) is 4.39 Å². The Kier molecular flexibility index (Phi) is 5.01. The van der Waals surface area contributed by atoms with Crippen LogP contribution in [0.3, 0.4) is 0 Å². The predicted octanol–water partition coefficient (Wildman–Crippen LogP) is 4.91. The number of hydrogen-bond acceptors (Lipinski definition) is 2. The Morgan fingerprint density at radius 2 is 2.00 bits per heavy atom. The summed E-state index contributed by atoms with van der Waals surface area (Å²) in [5.74, 6) is 0.577. The lowest BCUT2D eigenvalue weighted by molar-refractivity contribution is 0.341. The monoisotopic (exact) mass is 337 g/mol. The van der Waals surface area contributed by atoms with Gasteiger partial charge in [-0.3, -0.25) is 0 Å². The third kappa shape index (κ3) is 3.73. The number of benzene rings is 2. The second-order valence-electron chi connectivity index (χ2n) is 4.52. The Hall–Kier alpha value is -1.55. The molecule has 0 unspecified atom stereocenters. The molecule has 0 aliphatic rings. The van der Waals surface area contributed by atoms with Crippen LogP contribution in [-0.2, 0) is 6.54 Å². The van der Waals surface area contributed by atoms with Gasteiger partial charge in [-0.25, -0.2) is 4.39 Å². The van der Waals surface area contributed by atoms with E-state index in [0.717, 1.165) is 21.5 Å². The van der Waals surface area contributed by atoms with Gasteiger partial charge >= 0.3 is 0 Å². The van der Waals surface area contributed by atoms with E-state index in [2.05, 4.69) is 21.2 Å². The average Bonchev–Trinajstić information content (AvgIpc) is 2.42. The van der Waals surface area contributed by atoms with Crippen LogP contribution in [-0.4, -0.2) is 6.61 Å². The van der Waals surface area contributed by atoms with Gasteiger partial charge in [0.1, 0.15) is 11.6 Å². The molecular formula is C16H17BrFNO. The predicted molar refractivity (Wildman–Crippen MR) is 83.8 cm³/mol. The van der Waals surface area contributed by atoms with Crippen molar-refractivity contribution >= 4 is 21.6 Å². The quantitative estimate of drug-likeness (QED) is 0.837. The fraction of sp³-hybridized carbons (Fsp3) is 0.250. The van der Waals surface area contributed by atoms with E-state index >= 15 is 0 Å². The molecule has 0 aliphatic heterocycles. The summed E-state index contributed by atoms with van der Waals surface area (Å²) in [6, 6.07) is 10.9. The maximum atomic E-state index is 13.7. The van der Waals surface area contributed by atoms with Gasteiger partial charge in [-0.1, -0.05) is 22.0 Å². The highest BCUT2D eigenvalue weighted by atomic mass is 79.9. The number of halogens is 2. The summed E-state index contributed by atoms with van der Waals surface area (Å²) in [5, 5.41) is 3.22. The molecule has 0 fully saturated rings. The Morgan fingerprint density at radius 3 is 2.75 bits per heavy atom. The van der Waals surface area contributed by atoms with E-state index < -0.39 is 0 Å². The molecule has 2 rings (SSSR count). The Balaban J connectivity index is 2.16. The zero-order valence-corrected chi connectivity index (χ0v) is 13.1. The molecule has 0 amide bonds. The Labute approximate surface area is 127 Å². The van der Waals surface area contributed by atoms with Gasteiger partial charge < -0.3 is 10.1 Å². The fourth-order valence-corrected chi connectivity index (χ4v) is 2.33. The first-order valence-electron chi connectivity index (χ1n) is 6.51. The minimum atomic E-state index is -0.217. The van der Waals surface area contributed by atoms with Crippen LogP contribution in [0.4, 0.5) is 10.1 Å². The molecule has 2 aromatic rings. The summed E-state index contributed by atoms with van der Waals surface area (Å²) in [7, 11) is 0. The molecule has 0 spiro atoms. The molecule has 0 saturated carbocycles. The minimum absolute atomic E-state index is 0.217. The standard InChI is InChI=1S/C16H17BrFNO/c1-3-20-16-8-11(2)4-7-15(16)19-10-12-9-13(17)5-6-14(12)18/h4-9,19H,3,10H2,1-2H3. The summed E-state index contributed by atoms with van der Waals surface area (Å²) in [5.41, 5.74) is 2.62. The van der Waals surface area contributed by atoms with Crippen molar-refractivity contribution in [1.29, 1.82) is 0 Å². The molecule has 0 radical (unpaired) electrons. The number of hydrogen-bond donors (Lipinski definition) is 1. The summed E-state index contributed by atoms with van der Waals surface area (Å²) in [6.07, 6.45) is 0. The lowest BCUT2D eigenvalue weighted by Crippen LogP contribution is -2.04. The SMILES string of the molecule is CCOc1cc(C)ccc1NCc1cc(Br)ccc1F. The van der Waals surface area contributed by atoms with Gasteiger partial charge in [0.15, 0.2) is 0 Å². The Morgan fingerprint density at radius 1 is 1.20 bits per heavy atom. The molecule has 20 heavy (non-hydrogen) atoms. The smallest absolute Gasteiger partial charge is 0.142 e. The van der Waals surface area contributed by atoms with Crippen LogP contribution < -0.4 is 10.1 Å². The molecule has 2 nitrogen and oxygen atoms in total. The van der Waals surface area contributed by atoms with E-state index in [1.165, 1.54) is 6.07 Å². The number of rotatable bonds is 5. The van der Waals surface area contributed by atoms with Crippen molar-refractivity contribution < 1.29 is 9.13 Å². The first kappa shape index (κ1) is 14.9. The second-order valence-corrected chi connectivity index (χ2v) is 5.44. The average molecular weight is 338 g/mol. The molecule has 0 saturated heterocycles. The van der Waals surface area contributed by atoms with Crippen LogP contribution in [0.1, 0.15) is 18.1 Å². The van der Waals surface area contributed by atoms with E-state index in [1.807, 2.05) is 32.0 Å². The zero-order valence-electron chi connectivity index (χ0n) is 11.5. The van der Waals surface area contributed by atoms with Gasteiger partial charge in [0.2, 0.25) is 0 Å². The number of nitrogens with one attached hydrogen (secondary N) is 1. The first-order chi connectivity index (χ1) is 9.60. The van der Waals surface area contributed by atoms with Gasteiger partial charge in [-0.2, -0.15) is 0 Å². The van der Waals surface area contributed by atoms with Crippen molar-refractivity contribution in [3.05, 3.63) is 57.8 Å². The third-order valence-electron chi connectivity index (χ3n) is 2.91. The maximum absolute atomic E-state index is 13.7. The van der Waals surface area contributed by atoms with Crippen molar-refractivity contribution in [2.45, 2.75) is 20.4 Å². The van der Waals surface area contributed by atoms with Gasteiger partial charge in [-0.05, 0) is 49.7 Å². The number of anilines is 1. The van der Waals surface area contributed by atoms with Gasteiger partial charge in [-0.15, -0.1) is 0 Å².